The largest absolute Gasteiger partial charge is 0.543 e. The molecule has 0 radical (unpaired) electrons. The number of Topliss-reactive ketones (excluding diaryl/α,β-unsaturated/α-hetero) is 1. The number of aryl methyl sites for hydroxylation is 2. The van der Waals surface area contributed by atoms with Crippen molar-refractivity contribution in [1.29, 1.82) is 0 Å². The average Bonchev–Trinajstić information content (AvgIpc) is 2.74. The van der Waals surface area contributed by atoms with E-state index < -0.39 is 13.7 Å². The maximum atomic E-state index is 12.3. The Balaban J connectivity index is 2.39. The maximum Gasteiger partial charge on any atom is 0.250 e. The fraction of sp³-hybridized carbons (Fsp3) is 0.581. The minimum Gasteiger partial charge on any atom is -0.543 e. The highest BCUT2D eigenvalue weighted by atomic mass is 28.4. The van der Waals surface area contributed by atoms with Crippen LogP contribution in [0.25, 0.3) is 0 Å². The summed E-state index contributed by atoms with van der Waals surface area (Å²) < 4.78 is 12.5. The molecule has 0 spiro atoms. The lowest BCUT2D eigenvalue weighted by atomic mass is 9.70. The molecular weight excluding hydrogens is 448 g/mol. The van der Waals surface area contributed by atoms with Crippen LogP contribution in [0.4, 0.5) is 0 Å². The van der Waals surface area contributed by atoms with Crippen LogP contribution in [0, 0.1) is 19.3 Å². The summed E-state index contributed by atoms with van der Waals surface area (Å²) in [5, 5.41) is 0.160. The average molecular weight is 497 g/mol. The Kier molecular flexibility index (Phi) is 8.75. The molecule has 0 unspecified atom stereocenters. The number of ketones is 1. The highest BCUT2D eigenvalue weighted by Gasteiger charge is 2.39. The van der Waals surface area contributed by atoms with Gasteiger partial charge in [0.2, 0.25) is 8.32 Å². The molecule has 0 saturated carbocycles. The van der Waals surface area contributed by atoms with Crippen LogP contribution in [-0.2, 0) is 10.2 Å². The van der Waals surface area contributed by atoms with E-state index in [1.807, 2.05) is 26.8 Å². The van der Waals surface area contributed by atoms with Crippen LogP contribution in [0.1, 0.15) is 90.5 Å². The van der Waals surface area contributed by atoms with Gasteiger partial charge < -0.3 is 9.16 Å². The minimum atomic E-state index is -1.90. The number of rotatable bonds is 9. The lowest BCUT2D eigenvalue weighted by Gasteiger charge is -2.38. The van der Waals surface area contributed by atoms with Crippen LogP contribution in [0.5, 0.6) is 11.5 Å². The molecule has 4 heteroatoms. The first-order valence-electron chi connectivity index (χ1n) is 13.1. The van der Waals surface area contributed by atoms with Crippen LogP contribution in [0.2, 0.25) is 18.1 Å². The number of carbonyl (C=O) groups is 1. The van der Waals surface area contributed by atoms with Gasteiger partial charge in [-0.05, 0) is 79.2 Å². The van der Waals surface area contributed by atoms with E-state index in [0.29, 0.717) is 0 Å². The fourth-order valence-electron chi connectivity index (χ4n) is 4.19. The fourth-order valence-corrected chi connectivity index (χ4v) is 5.28. The number of ether oxygens (including phenoxy) is 1. The Morgan fingerprint density at radius 1 is 0.800 bits per heavy atom. The highest BCUT2D eigenvalue weighted by Crippen LogP contribution is 2.43. The Bertz CT molecular complexity index is 1030. The molecule has 0 atom stereocenters. The van der Waals surface area contributed by atoms with Gasteiger partial charge in [-0.25, -0.2) is 0 Å². The van der Waals surface area contributed by atoms with Gasteiger partial charge in [0.15, 0.2) is 5.78 Å². The van der Waals surface area contributed by atoms with Gasteiger partial charge in [0.25, 0.3) is 0 Å². The lowest BCUT2D eigenvalue weighted by molar-refractivity contribution is -0.128. The number of benzene rings is 2. The van der Waals surface area contributed by atoms with Gasteiger partial charge in [0.05, 0.1) is 0 Å². The number of hydrogen-bond acceptors (Lipinski definition) is 3. The third-order valence-corrected chi connectivity index (χ3v) is 12.4. The predicted octanol–water partition coefficient (Wildman–Crippen LogP) is 8.79. The summed E-state index contributed by atoms with van der Waals surface area (Å²) in [5.41, 5.74) is 4.36. The van der Waals surface area contributed by atoms with Crippen molar-refractivity contribution in [3.05, 3.63) is 58.7 Å². The summed E-state index contributed by atoms with van der Waals surface area (Å²) in [5.74, 6) is 1.89. The first-order chi connectivity index (χ1) is 16.0. The second-order valence-electron chi connectivity index (χ2n) is 12.6. The first kappa shape index (κ1) is 29.2. The van der Waals surface area contributed by atoms with Crippen molar-refractivity contribution in [3.8, 4) is 11.5 Å². The maximum absolute atomic E-state index is 12.3. The first-order valence-corrected chi connectivity index (χ1v) is 16.0. The molecule has 0 N–H and O–H groups in total. The third-order valence-electron chi connectivity index (χ3n) is 8.03. The van der Waals surface area contributed by atoms with E-state index in [0.717, 1.165) is 29.9 Å². The smallest absolute Gasteiger partial charge is 0.250 e. The van der Waals surface area contributed by atoms with E-state index in [9.17, 15) is 4.79 Å². The van der Waals surface area contributed by atoms with Gasteiger partial charge in [-0.1, -0.05) is 79.7 Å². The Labute approximate surface area is 215 Å². The van der Waals surface area contributed by atoms with Gasteiger partial charge in [-0.3, -0.25) is 4.79 Å². The zero-order valence-corrected chi connectivity index (χ0v) is 25.3. The van der Waals surface area contributed by atoms with Crippen molar-refractivity contribution < 1.29 is 14.0 Å². The van der Waals surface area contributed by atoms with Gasteiger partial charge >= 0.3 is 0 Å². The molecule has 0 saturated heterocycles. The quantitative estimate of drug-likeness (QED) is 0.325. The van der Waals surface area contributed by atoms with Crippen molar-refractivity contribution in [2.75, 3.05) is 6.61 Å². The molecule has 2 rings (SSSR count). The normalized spacial score (nSPS) is 13.0. The van der Waals surface area contributed by atoms with E-state index in [-0.39, 0.29) is 22.8 Å². The summed E-state index contributed by atoms with van der Waals surface area (Å²) in [6.45, 7) is 26.1. The summed E-state index contributed by atoms with van der Waals surface area (Å²) in [6.07, 6.45) is 1.99. The third kappa shape index (κ3) is 6.38. The van der Waals surface area contributed by atoms with E-state index in [1.165, 1.54) is 16.7 Å². The summed E-state index contributed by atoms with van der Waals surface area (Å²) in [6, 6.07) is 13.2. The molecule has 0 heterocycles. The molecule has 2 aromatic rings. The van der Waals surface area contributed by atoms with E-state index >= 15 is 0 Å². The molecule has 35 heavy (non-hydrogen) atoms. The van der Waals surface area contributed by atoms with E-state index in [4.69, 9.17) is 9.16 Å². The zero-order chi connectivity index (χ0) is 26.8. The Morgan fingerprint density at radius 3 is 1.63 bits per heavy atom. The molecule has 3 nitrogen and oxygen atoms in total. The Hall–Kier alpha value is -2.07. The van der Waals surface area contributed by atoms with E-state index in [2.05, 4.69) is 91.9 Å². The number of carbonyl (C=O) groups excluding carboxylic acids is 1. The molecule has 0 amide bonds. The molecule has 0 aliphatic carbocycles. The van der Waals surface area contributed by atoms with E-state index in [1.54, 1.807) is 0 Å². The molecule has 2 aromatic carbocycles. The van der Waals surface area contributed by atoms with Crippen molar-refractivity contribution in [3.63, 3.8) is 0 Å². The van der Waals surface area contributed by atoms with Gasteiger partial charge in [0.1, 0.15) is 18.1 Å². The molecule has 0 aliphatic heterocycles. The second-order valence-corrected chi connectivity index (χ2v) is 17.3. The van der Waals surface area contributed by atoms with Crippen LogP contribution < -0.4 is 9.16 Å². The van der Waals surface area contributed by atoms with Crippen LogP contribution >= 0.6 is 0 Å². The zero-order valence-electron chi connectivity index (χ0n) is 24.3. The summed E-state index contributed by atoms with van der Waals surface area (Å²) in [7, 11) is -1.90. The molecule has 0 aliphatic rings. The second kappa shape index (κ2) is 10.5. The standard InChI is InChI=1S/C31H48O3Si/c1-13-31(14-2,24-15-17-26(22(3)19-24)33-21-28(32)29(5,6)7)25-16-18-27(23(4)20-25)34-35(11,12)30(8,9)10/h15-20H,13-14,21H2,1-12H3. The van der Waals surface area contributed by atoms with Gasteiger partial charge in [-0.15, -0.1) is 0 Å². The van der Waals surface area contributed by atoms with Crippen LogP contribution in [-0.4, -0.2) is 20.7 Å². The van der Waals surface area contributed by atoms with Crippen LogP contribution in [0.3, 0.4) is 0 Å². The van der Waals surface area contributed by atoms with Crippen molar-refractivity contribution in [1.82, 2.24) is 0 Å². The molecule has 194 valence electrons. The van der Waals surface area contributed by atoms with Gasteiger partial charge in [0, 0.05) is 10.8 Å². The van der Waals surface area contributed by atoms with Crippen molar-refractivity contribution in [2.45, 2.75) is 106 Å². The topological polar surface area (TPSA) is 35.5 Å². The molecular formula is C31H48O3Si. The van der Waals surface area contributed by atoms with Gasteiger partial charge in [-0.2, -0.15) is 0 Å². The number of hydrogen-bond donors (Lipinski definition) is 0. The molecule has 0 aromatic heterocycles. The Morgan fingerprint density at radius 2 is 1.26 bits per heavy atom. The minimum absolute atomic E-state index is 0.0925. The summed E-state index contributed by atoms with van der Waals surface area (Å²) in [4.78, 5) is 12.3. The SMILES string of the molecule is CCC(CC)(c1ccc(OCC(=O)C(C)(C)C)c(C)c1)c1ccc(O[Si](C)(C)C(C)(C)C)c(C)c1. The lowest BCUT2D eigenvalue weighted by Crippen LogP contribution is -2.44. The summed E-state index contributed by atoms with van der Waals surface area (Å²) >= 11 is 0. The van der Waals surface area contributed by atoms with Crippen LogP contribution in [0.15, 0.2) is 36.4 Å². The highest BCUT2D eigenvalue weighted by molar-refractivity contribution is 6.74. The molecule has 0 bridgehead atoms. The van der Waals surface area contributed by atoms with Crippen molar-refractivity contribution >= 4 is 14.1 Å². The predicted molar refractivity (Wildman–Crippen MR) is 152 cm³/mol. The van der Waals surface area contributed by atoms with Crippen molar-refractivity contribution in [2.24, 2.45) is 5.41 Å². The monoisotopic (exact) mass is 496 g/mol. The molecule has 0 fully saturated rings.